The summed E-state index contributed by atoms with van der Waals surface area (Å²) in [4.78, 5) is 61.5. The first-order chi connectivity index (χ1) is 31.5. The number of carbonyl (C=O) groups is 4. The van der Waals surface area contributed by atoms with Gasteiger partial charge < -0.3 is 30.1 Å². The Morgan fingerprint density at radius 1 is 1.00 bits per heavy atom. The Morgan fingerprint density at radius 2 is 1.67 bits per heavy atom. The smallest absolute Gasteiger partial charge is 0.246 e. The molecule has 1 saturated heterocycles. The zero-order chi connectivity index (χ0) is 48.7. The van der Waals surface area contributed by atoms with Gasteiger partial charge in [0.25, 0.3) is 0 Å². The number of thiazole rings is 1. The summed E-state index contributed by atoms with van der Waals surface area (Å²) in [5.41, 5.74) is 4.28. The normalized spacial score (nSPS) is 26.5. The van der Waals surface area contributed by atoms with Gasteiger partial charge in [0.2, 0.25) is 17.7 Å². The standard InChI is InChI=1S/C53H70ClN5O7S/c1-32(34-14-16-35(17-15-34)44-33(2)56-31-67-44)57-46(63)40-22-37(60)26-59(40)47(64)45(49(3,4)5)58-43(62)27-65-21-13-11-10-12-20-52-28-53(29-52,30-52)42(61)24-41-50(6,7)48(51(41,8)9)66-38-19-18-36(25-55)39(54)23-38/h14-19,23,31-32,37,40-41,45,48,60H,10-13,20-22,24,26-30H2,1-9H3,(H,57,63)(H,58,62)/t32-,37+,40-,41?,45+,48?,52?,53?/m0/s1. The maximum atomic E-state index is 14.1. The minimum absolute atomic E-state index is 0.00177. The molecule has 4 aliphatic carbocycles. The number of aromatic nitrogens is 1. The number of aliphatic hydroxyl groups excluding tert-OH is 1. The molecular weight excluding hydrogens is 886 g/mol. The molecule has 2 bridgehead atoms. The third kappa shape index (κ3) is 10.5. The Bertz CT molecular complexity index is 2330. The molecule has 1 aromatic heterocycles. The fraction of sp³-hybridized carbons (Fsp3) is 0.623. The van der Waals surface area contributed by atoms with Crippen LogP contribution in [-0.2, 0) is 23.9 Å². The fourth-order valence-corrected chi connectivity index (χ4v) is 13.2. The molecule has 12 nitrogen and oxygen atoms in total. The Kier molecular flexibility index (Phi) is 14.8. The zero-order valence-electron chi connectivity index (χ0n) is 40.8. The topological polar surface area (TPSA) is 171 Å². The highest BCUT2D eigenvalue weighted by Crippen LogP contribution is 2.76. The van der Waals surface area contributed by atoms with Crippen molar-refractivity contribution in [1.82, 2.24) is 20.5 Å². The van der Waals surface area contributed by atoms with Crippen molar-refractivity contribution in [3.63, 3.8) is 0 Å². The Labute approximate surface area is 405 Å². The van der Waals surface area contributed by atoms with Gasteiger partial charge >= 0.3 is 0 Å². The van der Waals surface area contributed by atoms with Crippen molar-refractivity contribution in [3.8, 4) is 22.3 Å². The summed E-state index contributed by atoms with van der Waals surface area (Å²) in [6, 6.07) is 13.1. The van der Waals surface area contributed by atoms with Gasteiger partial charge in [-0.1, -0.05) is 104 Å². The first kappa shape index (κ1) is 50.5. The number of halogens is 1. The van der Waals surface area contributed by atoms with Gasteiger partial charge in [-0.3, -0.25) is 19.2 Å². The molecule has 4 atom stereocenters. The van der Waals surface area contributed by atoms with Gasteiger partial charge in [0, 0.05) is 48.3 Å². The molecule has 3 N–H and O–H groups in total. The average Bonchev–Trinajstić information content (AvgIpc) is 3.86. The number of benzene rings is 2. The number of unbranched alkanes of at least 4 members (excludes halogenated alkanes) is 3. The van der Waals surface area contributed by atoms with Crippen LogP contribution >= 0.6 is 22.9 Å². The molecule has 5 aliphatic rings. The van der Waals surface area contributed by atoms with Gasteiger partial charge in [-0.15, -0.1) is 11.3 Å². The van der Waals surface area contributed by atoms with Crippen molar-refractivity contribution >= 4 is 46.4 Å². The number of hydrogen-bond acceptors (Lipinski definition) is 10. The van der Waals surface area contributed by atoms with Crippen LogP contribution in [0.4, 0.5) is 0 Å². The van der Waals surface area contributed by atoms with Gasteiger partial charge in [0.05, 0.1) is 38.8 Å². The van der Waals surface area contributed by atoms with E-state index in [0.29, 0.717) is 40.6 Å². The van der Waals surface area contributed by atoms with Crippen LogP contribution in [0.25, 0.3) is 10.4 Å². The van der Waals surface area contributed by atoms with Crippen molar-refractivity contribution in [2.24, 2.45) is 33.0 Å². The molecule has 0 spiro atoms. The third-order valence-electron chi connectivity index (χ3n) is 15.6. The van der Waals surface area contributed by atoms with Crippen LogP contribution in [-0.4, -0.2) is 82.5 Å². The number of carbonyl (C=O) groups excluding carboxylic acids is 4. The largest absolute Gasteiger partial charge is 0.489 e. The molecule has 3 aromatic rings. The number of ether oxygens (including phenoxy) is 2. The van der Waals surface area contributed by atoms with Crippen LogP contribution in [0.2, 0.25) is 5.02 Å². The average molecular weight is 957 g/mol. The quantitative estimate of drug-likeness (QED) is 0.0934. The lowest BCUT2D eigenvalue weighted by molar-refractivity contribution is -0.226. The summed E-state index contributed by atoms with van der Waals surface area (Å²) >= 11 is 7.86. The molecule has 67 heavy (non-hydrogen) atoms. The van der Waals surface area contributed by atoms with Gasteiger partial charge in [-0.05, 0) is 86.0 Å². The minimum Gasteiger partial charge on any atom is -0.489 e. The molecule has 3 amide bonds. The van der Waals surface area contributed by atoms with E-state index in [1.807, 2.05) is 64.4 Å². The zero-order valence-corrected chi connectivity index (χ0v) is 42.4. The van der Waals surface area contributed by atoms with E-state index in [4.69, 9.17) is 21.1 Å². The Balaban J connectivity index is 0.786. The van der Waals surface area contributed by atoms with E-state index in [1.165, 1.54) is 4.90 Å². The number of nitriles is 1. The Morgan fingerprint density at radius 3 is 2.28 bits per heavy atom. The van der Waals surface area contributed by atoms with Crippen LogP contribution in [0.5, 0.6) is 5.75 Å². The molecule has 2 heterocycles. The number of ketones is 1. The third-order valence-corrected chi connectivity index (χ3v) is 16.9. The second-order valence-corrected chi connectivity index (χ2v) is 23.7. The molecule has 8 rings (SSSR count). The van der Waals surface area contributed by atoms with Crippen LogP contribution in [0.1, 0.15) is 142 Å². The summed E-state index contributed by atoms with van der Waals surface area (Å²) in [7, 11) is 0. The number of aryl methyl sites for hydroxylation is 1. The maximum Gasteiger partial charge on any atom is 0.246 e. The molecule has 1 aliphatic heterocycles. The second-order valence-electron chi connectivity index (χ2n) is 22.5. The second kappa shape index (κ2) is 19.6. The number of likely N-dealkylation sites (tertiary alicyclic amines) is 1. The number of hydrogen-bond donors (Lipinski definition) is 3. The fourth-order valence-electron chi connectivity index (χ4n) is 12.2. The number of amides is 3. The lowest BCUT2D eigenvalue weighted by Crippen LogP contribution is -2.69. The summed E-state index contributed by atoms with van der Waals surface area (Å²) < 4.78 is 12.2. The highest BCUT2D eigenvalue weighted by Gasteiger charge is 2.71. The number of nitrogens with one attached hydrogen (secondary N) is 2. The molecule has 0 unspecified atom stereocenters. The van der Waals surface area contributed by atoms with E-state index in [-0.39, 0.29) is 59.8 Å². The van der Waals surface area contributed by atoms with Crippen LogP contribution in [0.3, 0.4) is 0 Å². The highest BCUT2D eigenvalue weighted by molar-refractivity contribution is 7.13. The van der Waals surface area contributed by atoms with Crippen molar-refractivity contribution in [2.45, 2.75) is 157 Å². The van der Waals surface area contributed by atoms with Gasteiger partial charge in [-0.2, -0.15) is 5.26 Å². The summed E-state index contributed by atoms with van der Waals surface area (Å²) in [6.07, 6.45) is 7.83. The SMILES string of the molecule is Cc1ncsc1-c1ccc([C@H](C)NC(=O)[C@@H]2C[C@@H](O)CN2C(=O)[C@@H](NC(=O)COCCCCCCC23CC(C(=O)CC4C(C)(C)C(Oc5ccc(C#N)c(Cl)c5)C4(C)C)(C2)C3)C(C)(C)C)cc1. The minimum atomic E-state index is -0.929. The molecule has 5 fully saturated rings. The monoisotopic (exact) mass is 955 g/mol. The van der Waals surface area contributed by atoms with Crippen LogP contribution in [0, 0.1) is 51.2 Å². The number of β-amino-alcohol motifs (C(OH)–C–C–N with tert-alkyl or cyclic N) is 1. The molecule has 2 aromatic carbocycles. The van der Waals surface area contributed by atoms with E-state index >= 15 is 0 Å². The lowest BCUT2D eigenvalue weighted by atomic mass is 9.32. The lowest BCUT2D eigenvalue weighted by Gasteiger charge is -2.71. The molecule has 0 radical (unpaired) electrons. The van der Waals surface area contributed by atoms with Crippen molar-refractivity contribution in [2.75, 3.05) is 19.8 Å². The first-order valence-corrected chi connectivity index (χ1v) is 25.3. The molecule has 14 heteroatoms. The van der Waals surface area contributed by atoms with E-state index in [1.54, 1.807) is 29.5 Å². The predicted molar refractivity (Wildman–Crippen MR) is 260 cm³/mol. The molecule has 4 saturated carbocycles. The van der Waals surface area contributed by atoms with Gasteiger partial charge in [0.15, 0.2) is 0 Å². The van der Waals surface area contributed by atoms with E-state index in [9.17, 15) is 29.5 Å². The van der Waals surface area contributed by atoms with E-state index in [2.05, 4.69) is 49.4 Å². The number of nitrogens with zero attached hydrogens (tertiary/aromatic N) is 3. The van der Waals surface area contributed by atoms with Gasteiger partial charge in [0.1, 0.15) is 42.4 Å². The van der Waals surface area contributed by atoms with Crippen LogP contribution < -0.4 is 15.4 Å². The van der Waals surface area contributed by atoms with E-state index in [0.717, 1.165) is 73.1 Å². The first-order valence-electron chi connectivity index (χ1n) is 24.1. The summed E-state index contributed by atoms with van der Waals surface area (Å²) in [6.45, 7) is 18.5. The summed E-state index contributed by atoms with van der Waals surface area (Å²) in [5, 5.41) is 26.2. The number of Topliss-reactive ketones (excluding diaryl/α,β-unsaturated/α-hetero) is 1. The number of aliphatic hydroxyl groups is 1. The van der Waals surface area contributed by atoms with E-state index < -0.39 is 35.4 Å². The highest BCUT2D eigenvalue weighted by atomic mass is 35.5. The Hall–Kier alpha value is -4.35. The number of rotatable bonds is 20. The molecule has 362 valence electrons. The summed E-state index contributed by atoms with van der Waals surface area (Å²) in [5.74, 6) is 0.0866. The maximum absolute atomic E-state index is 14.1. The van der Waals surface area contributed by atoms with Crippen molar-refractivity contribution < 1.29 is 33.8 Å². The molecular formula is C53H70ClN5O7S. The predicted octanol–water partition coefficient (Wildman–Crippen LogP) is 9.54. The van der Waals surface area contributed by atoms with Crippen LogP contribution in [0.15, 0.2) is 48.0 Å². The van der Waals surface area contributed by atoms with Crippen molar-refractivity contribution in [3.05, 3.63) is 69.8 Å². The van der Waals surface area contributed by atoms with Crippen molar-refractivity contribution in [1.29, 1.82) is 5.26 Å². The van der Waals surface area contributed by atoms with Gasteiger partial charge in [-0.25, -0.2) is 4.98 Å².